The van der Waals surface area contributed by atoms with Gasteiger partial charge in [0, 0.05) is 31.8 Å². The summed E-state index contributed by atoms with van der Waals surface area (Å²) in [5, 5.41) is 22.2. The zero-order valence-electron chi connectivity index (χ0n) is 16.0. The van der Waals surface area contributed by atoms with Crippen molar-refractivity contribution in [3.63, 3.8) is 0 Å². The number of nitriles is 1. The van der Waals surface area contributed by atoms with E-state index in [4.69, 9.17) is 5.26 Å². The molecule has 1 saturated heterocycles. The second kappa shape index (κ2) is 8.69. The predicted molar refractivity (Wildman–Crippen MR) is 101 cm³/mol. The molecule has 11 nitrogen and oxygen atoms in total. The van der Waals surface area contributed by atoms with Crippen LogP contribution in [0, 0.1) is 27.4 Å². The number of hydrogen-bond acceptors (Lipinski definition) is 7. The maximum absolute atomic E-state index is 12.4. The Kier molecular flexibility index (Phi) is 6.06. The molecular weight excluding hydrogens is 394 g/mol. The third-order valence-corrected chi connectivity index (χ3v) is 5.25. The molecule has 11 heteroatoms. The van der Waals surface area contributed by atoms with Crippen LogP contribution in [0.4, 0.5) is 5.69 Å². The Labute approximate surface area is 171 Å². The molecule has 1 aromatic rings. The van der Waals surface area contributed by atoms with Gasteiger partial charge in [0.25, 0.3) is 17.5 Å². The highest BCUT2D eigenvalue weighted by Crippen LogP contribution is 2.26. The van der Waals surface area contributed by atoms with Gasteiger partial charge in [0.1, 0.15) is 13.0 Å². The lowest BCUT2D eigenvalue weighted by atomic mass is 9.96. The third kappa shape index (κ3) is 4.27. The topological polar surface area (TPSA) is 154 Å². The molecule has 2 aliphatic heterocycles. The Morgan fingerprint density at radius 2 is 1.87 bits per heavy atom. The molecule has 1 aromatic carbocycles. The molecule has 2 aliphatic rings. The molecule has 1 N–H and O–H groups in total. The zero-order valence-corrected chi connectivity index (χ0v) is 16.0. The van der Waals surface area contributed by atoms with Gasteiger partial charge in [0.15, 0.2) is 0 Å². The van der Waals surface area contributed by atoms with Crippen molar-refractivity contribution in [1.29, 1.82) is 5.26 Å². The van der Waals surface area contributed by atoms with Crippen molar-refractivity contribution in [3.8, 4) is 6.07 Å². The number of imide groups is 1. The number of carbonyl (C=O) groups excluding carboxylic acids is 4. The highest BCUT2D eigenvalue weighted by molar-refractivity contribution is 6.22. The van der Waals surface area contributed by atoms with Gasteiger partial charge in [-0.15, -0.1) is 0 Å². The summed E-state index contributed by atoms with van der Waals surface area (Å²) in [6.07, 6.45) is 1.20. The molecule has 3 rings (SSSR count). The maximum atomic E-state index is 12.4. The van der Waals surface area contributed by atoms with Crippen LogP contribution >= 0.6 is 0 Å². The lowest BCUT2D eigenvalue weighted by Gasteiger charge is -2.31. The largest absolute Gasteiger partial charge is 0.354 e. The third-order valence-electron chi connectivity index (χ3n) is 5.25. The van der Waals surface area contributed by atoms with E-state index in [-0.39, 0.29) is 35.1 Å². The summed E-state index contributed by atoms with van der Waals surface area (Å²) in [7, 11) is 0. The van der Waals surface area contributed by atoms with Gasteiger partial charge in [-0.2, -0.15) is 5.26 Å². The number of hydrogen-bond donors (Lipinski definition) is 1. The number of carbonyl (C=O) groups is 4. The number of rotatable bonds is 6. The van der Waals surface area contributed by atoms with Gasteiger partial charge in [-0.05, 0) is 24.8 Å². The van der Waals surface area contributed by atoms with Crippen LogP contribution in [0.1, 0.15) is 40.0 Å². The van der Waals surface area contributed by atoms with Crippen LogP contribution < -0.4 is 5.32 Å². The van der Waals surface area contributed by atoms with Crippen LogP contribution in [-0.2, 0) is 9.59 Å². The van der Waals surface area contributed by atoms with Crippen molar-refractivity contribution < 1.29 is 24.1 Å². The van der Waals surface area contributed by atoms with Gasteiger partial charge < -0.3 is 10.2 Å². The van der Waals surface area contributed by atoms with Gasteiger partial charge >= 0.3 is 0 Å². The number of fused-ring (bicyclic) bond motifs is 1. The van der Waals surface area contributed by atoms with Crippen molar-refractivity contribution in [2.75, 3.05) is 26.2 Å². The van der Waals surface area contributed by atoms with E-state index in [1.165, 1.54) is 6.07 Å². The maximum Gasteiger partial charge on any atom is 0.270 e. The van der Waals surface area contributed by atoms with Crippen LogP contribution in [0.15, 0.2) is 18.2 Å². The Morgan fingerprint density at radius 1 is 1.20 bits per heavy atom. The summed E-state index contributed by atoms with van der Waals surface area (Å²) >= 11 is 0. The lowest BCUT2D eigenvalue weighted by Crippen LogP contribution is -2.44. The number of nitrogens with one attached hydrogen (secondary N) is 1. The number of non-ortho nitro benzene ring substituents is 1. The van der Waals surface area contributed by atoms with E-state index in [1.807, 2.05) is 6.07 Å². The molecule has 156 valence electrons. The van der Waals surface area contributed by atoms with E-state index in [2.05, 4.69) is 5.32 Å². The molecule has 0 unspecified atom stereocenters. The summed E-state index contributed by atoms with van der Waals surface area (Å²) in [4.78, 5) is 61.4. The van der Waals surface area contributed by atoms with Crippen LogP contribution in [0.5, 0.6) is 0 Å². The second-order valence-electron chi connectivity index (χ2n) is 7.15. The first-order valence-electron chi connectivity index (χ1n) is 9.38. The summed E-state index contributed by atoms with van der Waals surface area (Å²) in [5.41, 5.74) is -0.356. The minimum absolute atomic E-state index is 0.0350. The Bertz CT molecular complexity index is 961. The van der Waals surface area contributed by atoms with Gasteiger partial charge in [-0.3, -0.25) is 34.2 Å². The Morgan fingerprint density at radius 3 is 2.50 bits per heavy atom. The van der Waals surface area contributed by atoms with E-state index in [9.17, 15) is 29.3 Å². The molecule has 30 heavy (non-hydrogen) atoms. The van der Waals surface area contributed by atoms with Crippen molar-refractivity contribution in [2.24, 2.45) is 5.92 Å². The SMILES string of the molecule is N#CCC(=O)N1CCC(CNC(=O)CN2C(=O)c3ccc([N+](=O)[O-])cc3C2=O)CC1. The first-order chi connectivity index (χ1) is 14.3. The summed E-state index contributed by atoms with van der Waals surface area (Å²) in [5.74, 6) is -1.97. The average Bonchev–Trinajstić information content (AvgIpc) is 2.97. The molecule has 0 atom stereocenters. The quantitative estimate of drug-likeness (QED) is 0.404. The smallest absolute Gasteiger partial charge is 0.270 e. The van der Waals surface area contributed by atoms with Crippen molar-refractivity contribution in [1.82, 2.24) is 15.1 Å². The minimum Gasteiger partial charge on any atom is -0.354 e. The van der Waals surface area contributed by atoms with E-state index < -0.39 is 29.2 Å². The average molecular weight is 413 g/mol. The monoisotopic (exact) mass is 413 g/mol. The summed E-state index contributed by atoms with van der Waals surface area (Å²) in [6, 6.07) is 5.22. The molecular formula is C19H19N5O6. The number of nitro benzene ring substituents is 1. The minimum atomic E-state index is -0.738. The number of nitrogens with zero attached hydrogens (tertiary/aromatic N) is 4. The molecule has 1 fully saturated rings. The van der Waals surface area contributed by atoms with Gasteiger partial charge in [0.05, 0.1) is 22.1 Å². The Hall–Kier alpha value is -3.81. The van der Waals surface area contributed by atoms with Gasteiger partial charge in [-0.1, -0.05) is 0 Å². The highest BCUT2D eigenvalue weighted by Gasteiger charge is 2.37. The van der Waals surface area contributed by atoms with Gasteiger partial charge in [0.2, 0.25) is 11.8 Å². The lowest BCUT2D eigenvalue weighted by molar-refractivity contribution is -0.384. The molecule has 0 bridgehead atoms. The van der Waals surface area contributed by atoms with E-state index in [0.29, 0.717) is 32.5 Å². The summed E-state index contributed by atoms with van der Waals surface area (Å²) in [6.45, 7) is 0.893. The fraction of sp³-hybridized carbons (Fsp3) is 0.421. The Balaban J connectivity index is 1.51. The predicted octanol–water partition coefficient (Wildman–Crippen LogP) is 0.459. The fourth-order valence-corrected chi connectivity index (χ4v) is 3.56. The number of likely N-dealkylation sites (tertiary alicyclic amines) is 1. The zero-order chi connectivity index (χ0) is 21.8. The molecule has 0 radical (unpaired) electrons. The number of piperidine rings is 1. The number of benzene rings is 1. The van der Waals surface area contributed by atoms with Crippen LogP contribution in [-0.4, -0.2) is 64.5 Å². The highest BCUT2D eigenvalue weighted by atomic mass is 16.6. The second-order valence-corrected chi connectivity index (χ2v) is 7.15. The molecule has 2 heterocycles. The van der Waals surface area contributed by atoms with E-state index in [1.54, 1.807) is 4.90 Å². The number of amides is 4. The van der Waals surface area contributed by atoms with Gasteiger partial charge in [-0.25, -0.2) is 0 Å². The van der Waals surface area contributed by atoms with Crippen molar-refractivity contribution in [2.45, 2.75) is 19.3 Å². The summed E-state index contributed by atoms with van der Waals surface area (Å²) < 4.78 is 0. The normalized spacial score (nSPS) is 16.2. The number of nitro groups is 1. The van der Waals surface area contributed by atoms with Crippen LogP contribution in [0.2, 0.25) is 0 Å². The first-order valence-corrected chi connectivity index (χ1v) is 9.38. The van der Waals surface area contributed by atoms with Crippen molar-refractivity contribution >= 4 is 29.3 Å². The van der Waals surface area contributed by atoms with E-state index >= 15 is 0 Å². The van der Waals surface area contributed by atoms with Crippen LogP contribution in [0.25, 0.3) is 0 Å². The molecule has 0 aliphatic carbocycles. The first kappa shape index (κ1) is 20.9. The molecule has 4 amide bonds. The fourth-order valence-electron chi connectivity index (χ4n) is 3.56. The van der Waals surface area contributed by atoms with E-state index in [0.717, 1.165) is 17.0 Å². The van der Waals surface area contributed by atoms with Crippen molar-refractivity contribution in [3.05, 3.63) is 39.4 Å². The standard InChI is InChI=1S/C19H19N5O6/c20-6-3-17(26)22-7-4-12(5-8-22)10-21-16(25)11-23-18(27)14-2-1-13(24(29)30)9-15(14)19(23)28/h1-2,9,12H,3-5,7-8,10-11H2,(H,21,25). The molecule has 0 spiro atoms. The van der Waals surface area contributed by atoms with Crippen LogP contribution in [0.3, 0.4) is 0 Å². The molecule has 0 saturated carbocycles. The molecule has 0 aromatic heterocycles.